The van der Waals surface area contributed by atoms with Crippen LogP contribution >= 0.6 is 11.6 Å². The molecule has 0 bridgehead atoms. The van der Waals surface area contributed by atoms with Gasteiger partial charge in [0.15, 0.2) is 11.0 Å². The smallest absolute Gasteiger partial charge is 0.263 e. The molecule has 2 aromatic carbocycles. The van der Waals surface area contributed by atoms with Crippen LogP contribution < -0.4 is 19.5 Å². The minimum absolute atomic E-state index is 0.0103. The molecule has 0 saturated carbocycles. The number of carbonyl (C=O) groups excluding carboxylic acids is 1. The fraction of sp³-hybridized carbons (Fsp3) is 0.0952. The number of carbonyl (C=O) groups is 1. The van der Waals surface area contributed by atoms with Crippen molar-refractivity contribution in [3.8, 4) is 11.5 Å². The zero-order valence-corrected chi connectivity index (χ0v) is 18.6. The molecular formula is C21H19ClN4O5S. The normalized spacial score (nSPS) is 11.2. The van der Waals surface area contributed by atoms with E-state index in [9.17, 15) is 13.2 Å². The molecule has 9 nitrogen and oxygen atoms in total. The summed E-state index contributed by atoms with van der Waals surface area (Å²) in [6.07, 6.45) is 2.93. The molecule has 0 fully saturated rings. The molecule has 0 aliphatic heterocycles. The van der Waals surface area contributed by atoms with Crippen LogP contribution in [0.25, 0.3) is 6.08 Å². The summed E-state index contributed by atoms with van der Waals surface area (Å²) in [6, 6.07) is 13.7. The average molecular weight is 475 g/mol. The topological polar surface area (TPSA) is 120 Å². The molecule has 0 aliphatic carbocycles. The number of nitrogens with one attached hydrogen (secondary N) is 2. The zero-order valence-electron chi connectivity index (χ0n) is 17.1. The molecule has 0 unspecified atom stereocenters. The second-order valence-corrected chi connectivity index (χ2v) is 8.37. The summed E-state index contributed by atoms with van der Waals surface area (Å²) in [5.74, 6) is 0.841. The Bertz CT molecular complexity index is 1230. The molecule has 0 radical (unpaired) electrons. The van der Waals surface area contributed by atoms with Gasteiger partial charge in [-0.05, 0) is 60.7 Å². The number of nitrogens with zero attached hydrogens (tertiary/aromatic N) is 2. The summed E-state index contributed by atoms with van der Waals surface area (Å²) >= 11 is 5.64. The van der Waals surface area contributed by atoms with Gasteiger partial charge in [-0.3, -0.25) is 9.52 Å². The van der Waals surface area contributed by atoms with Crippen molar-refractivity contribution in [3.63, 3.8) is 0 Å². The van der Waals surface area contributed by atoms with Crippen molar-refractivity contribution < 1.29 is 22.7 Å². The van der Waals surface area contributed by atoms with E-state index in [-0.39, 0.29) is 15.9 Å². The Kier molecular flexibility index (Phi) is 7.29. The minimum Gasteiger partial charge on any atom is -0.497 e. The number of rotatable bonds is 8. The first-order valence-electron chi connectivity index (χ1n) is 9.14. The lowest BCUT2D eigenvalue weighted by atomic mass is 10.1. The van der Waals surface area contributed by atoms with E-state index in [4.69, 9.17) is 21.1 Å². The van der Waals surface area contributed by atoms with E-state index in [1.54, 1.807) is 31.4 Å². The van der Waals surface area contributed by atoms with Crippen LogP contribution in [0.1, 0.15) is 5.56 Å². The number of amides is 1. The molecule has 1 amide bonds. The highest BCUT2D eigenvalue weighted by Gasteiger charge is 2.15. The van der Waals surface area contributed by atoms with E-state index in [0.29, 0.717) is 22.7 Å². The van der Waals surface area contributed by atoms with Gasteiger partial charge in [-0.1, -0.05) is 11.6 Å². The highest BCUT2D eigenvalue weighted by Crippen LogP contribution is 2.25. The lowest BCUT2D eigenvalue weighted by Crippen LogP contribution is -2.14. The largest absolute Gasteiger partial charge is 0.497 e. The Morgan fingerprint density at radius 1 is 1.00 bits per heavy atom. The Morgan fingerprint density at radius 3 is 2.38 bits per heavy atom. The number of benzene rings is 2. The number of ether oxygens (including phenoxy) is 2. The van der Waals surface area contributed by atoms with Crippen molar-refractivity contribution in [2.24, 2.45) is 0 Å². The van der Waals surface area contributed by atoms with Crippen LogP contribution in [0.15, 0.2) is 65.6 Å². The summed E-state index contributed by atoms with van der Waals surface area (Å²) in [5.41, 5.74) is 1.09. The van der Waals surface area contributed by atoms with Gasteiger partial charge in [0.2, 0.25) is 5.91 Å². The summed E-state index contributed by atoms with van der Waals surface area (Å²) in [6.45, 7) is 0. The lowest BCUT2D eigenvalue weighted by Gasteiger charge is -2.08. The maximum absolute atomic E-state index is 12.5. The Balaban J connectivity index is 1.67. The SMILES string of the molecule is COc1ccc(OC)c(/C=C/C(=O)Nc2ccc(S(=O)(=O)Nc3ccc(Cl)nn3)cc2)c1. The first-order valence-corrected chi connectivity index (χ1v) is 11.0. The number of anilines is 2. The third-order valence-corrected chi connectivity index (χ3v) is 5.73. The number of aromatic nitrogens is 2. The van der Waals surface area contributed by atoms with Crippen molar-refractivity contribution in [2.75, 3.05) is 24.3 Å². The number of methoxy groups -OCH3 is 2. The van der Waals surface area contributed by atoms with E-state index in [1.807, 2.05) is 0 Å². The maximum Gasteiger partial charge on any atom is 0.263 e. The Labute approximate surface area is 190 Å². The van der Waals surface area contributed by atoms with Crippen molar-refractivity contribution in [1.82, 2.24) is 10.2 Å². The molecule has 1 heterocycles. The second kappa shape index (κ2) is 10.1. The second-order valence-electron chi connectivity index (χ2n) is 6.30. The molecule has 32 heavy (non-hydrogen) atoms. The van der Waals surface area contributed by atoms with E-state index in [0.717, 1.165) is 0 Å². The number of halogens is 1. The first-order chi connectivity index (χ1) is 15.3. The van der Waals surface area contributed by atoms with Crippen LogP contribution in [0, 0.1) is 0 Å². The Morgan fingerprint density at radius 2 is 1.75 bits per heavy atom. The maximum atomic E-state index is 12.5. The third kappa shape index (κ3) is 5.96. The molecule has 166 valence electrons. The molecule has 0 spiro atoms. The van der Waals surface area contributed by atoms with Gasteiger partial charge in [-0.25, -0.2) is 8.42 Å². The molecule has 2 N–H and O–H groups in total. The lowest BCUT2D eigenvalue weighted by molar-refractivity contribution is -0.111. The van der Waals surface area contributed by atoms with Gasteiger partial charge in [-0.2, -0.15) is 0 Å². The predicted molar refractivity (Wildman–Crippen MR) is 122 cm³/mol. The number of hydrogen-bond acceptors (Lipinski definition) is 7. The van der Waals surface area contributed by atoms with E-state index >= 15 is 0 Å². The monoisotopic (exact) mass is 474 g/mol. The third-order valence-electron chi connectivity index (χ3n) is 4.15. The highest BCUT2D eigenvalue weighted by atomic mass is 35.5. The quantitative estimate of drug-likeness (QED) is 0.478. The standard InChI is InChI=1S/C21H19ClN4O5S/c1-30-16-6-9-18(31-2)14(13-16)3-12-21(27)23-15-4-7-17(8-5-15)32(28,29)26-20-11-10-19(22)24-25-20/h3-13H,1-2H3,(H,23,27)(H,25,26)/b12-3+. The van der Waals surface area contributed by atoms with E-state index in [2.05, 4.69) is 20.2 Å². The molecule has 0 aliphatic rings. The average Bonchev–Trinajstić information content (AvgIpc) is 2.79. The van der Waals surface area contributed by atoms with Crippen molar-refractivity contribution in [1.29, 1.82) is 0 Å². The van der Waals surface area contributed by atoms with Crippen molar-refractivity contribution in [3.05, 3.63) is 71.4 Å². The van der Waals surface area contributed by atoms with Gasteiger partial charge in [-0.15, -0.1) is 10.2 Å². The molecule has 3 aromatic rings. The summed E-state index contributed by atoms with van der Waals surface area (Å²) in [7, 11) is -0.803. The molecule has 3 rings (SSSR count). The molecule has 0 saturated heterocycles. The van der Waals surface area contributed by atoms with Crippen LogP contribution in [0.5, 0.6) is 11.5 Å². The van der Waals surface area contributed by atoms with Crippen LogP contribution in [-0.2, 0) is 14.8 Å². The fourth-order valence-electron chi connectivity index (χ4n) is 2.60. The summed E-state index contributed by atoms with van der Waals surface area (Å²) < 4.78 is 37.7. The van der Waals surface area contributed by atoms with Gasteiger partial charge < -0.3 is 14.8 Å². The summed E-state index contributed by atoms with van der Waals surface area (Å²) in [5, 5.41) is 10.1. The predicted octanol–water partition coefficient (Wildman–Crippen LogP) is 3.60. The van der Waals surface area contributed by atoms with Gasteiger partial charge in [0.1, 0.15) is 11.5 Å². The Hall–Kier alpha value is -3.63. The number of sulfonamides is 1. The zero-order chi connectivity index (χ0) is 23.1. The first kappa shape index (κ1) is 23.0. The van der Waals surface area contributed by atoms with Gasteiger partial charge in [0, 0.05) is 17.3 Å². The molecule has 11 heteroatoms. The van der Waals surface area contributed by atoms with E-state index in [1.165, 1.54) is 49.6 Å². The molecular weight excluding hydrogens is 456 g/mol. The van der Waals surface area contributed by atoms with Gasteiger partial charge in [0.25, 0.3) is 10.0 Å². The van der Waals surface area contributed by atoms with Crippen molar-refractivity contribution in [2.45, 2.75) is 4.90 Å². The van der Waals surface area contributed by atoms with Crippen LogP contribution in [0.4, 0.5) is 11.5 Å². The summed E-state index contributed by atoms with van der Waals surface area (Å²) in [4.78, 5) is 12.3. The van der Waals surface area contributed by atoms with E-state index < -0.39 is 15.9 Å². The highest BCUT2D eigenvalue weighted by molar-refractivity contribution is 7.92. The van der Waals surface area contributed by atoms with Gasteiger partial charge >= 0.3 is 0 Å². The van der Waals surface area contributed by atoms with Crippen LogP contribution in [-0.4, -0.2) is 38.7 Å². The van der Waals surface area contributed by atoms with Crippen LogP contribution in [0.3, 0.4) is 0 Å². The number of hydrogen-bond donors (Lipinski definition) is 2. The van der Waals surface area contributed by atoms with Crippen molar-refractivity contribution >= 4 is 45.1 Å². The fourth-order valence-corrected chi connectivity index (χ4v) is 3.70. The van der Waals surface area contributed by atoms with Crippen LogP contribution in [0.2, 0.25) is 5.15 Å². The minimum atomic E-state index is -3.88. The van der Waals surface area contributed by atoms with Gasteiger partial charge in [0.05, 0.1) is 19.1 Å². The molecule has 0 atom stereocenters. The molecule has 1 aromatic heterocycles.